The Labute approximate surface area is 152 Å². The largest absolute Gasteiger partial charge is 0.466 e. The molecule has 0 aliphatic carbocycles. The molecule has 0 aliphatic rings. The molecule has 24 heavy (non-hydrogen) atoms. The van der Waals surface area contributed by atoms with Gasteiger partial charge in [-0.1, -0.05) is 110 Å². The van der Waals surface area contributed by atoms with E-state index >= 15 is 0 Å². The van der Waals surface area contributed by atoms with E-state index in [0.29, 0.717) is 13.0 Å². The normalized spacial score (nSPS) is 10.9. The highest BCUT2D eigenvalue weighted by Crippen LogP contribution is 2.11. The summed E-state index contributed by atoms with van der Waals surface area (Å²) in [6.45, 7) is 5.14. The van der Waals surface area contributed by atoms with Crippen molar-refractivity contribution in [3.63, 3.8) is 0 Å². The maximum Gasteiger partial charge on any atom is 0.305 e. The first-order chi connectivity index (χ1) is 11.8. The Bertz CT molecular complexity index is 250. The number of carbonyl (C=O) groups excluding carboxylic acids is 1. The smallest absolute Gasteiger partial charge is 0.305 e. The molecule has 0 aromatic rings. The lowest BCUT2D eigenvalue weighted by Gasteiger charge is -2.05. The second kappa shape index (κ2) is 20.5. The summed E-state index contributed by atoms with van der Waals surface area (Å²) in [5.41, 5.74) is 0. The number of ether oxygens (including phenoxy) is 1. The van der Waals surface area contributed by atoms with E-state index in [-0.39, 0.29) is 5.97 Å². The lowest BCUT2D eigenvalue weighted by atomic mass is 10.1. The van der Waals surface area contributed by atoms with Crippen LogP contribution in [0.1, 0.15) is 129 Å². The molecule has 0 atom stereocenters. The van der Waals surface area contributed by atoms with E-state index in [9.17, 15) is 4.79 Å². The fourth-order valence-electron chi connectivity index (χ4n) is 3.07. The number of unbranched alkanes of at least 4 members (excludes halogenated alkanes) is 15. The van der Waals surface area contributed by atoms with Crippen molar-refractivity contribution in [3.8, 4) is 0 Å². The fourth-order valence-corrected chi connectivity index (χ4v) is 3.07. The van der Waals surface area contributed by atoms with Crippen LogP contribution in [0.15, 0.2) is 0 Å². The molecule has 0 spiro atoms. The van der Waals surface area contributed by atoms with Gasteiger partial charge in [-0.25, -0.2) is 0 Å². The summed E-state index contributed by atoms with van der Waals surface area (Å²) in [5, 5.41) is 0. The molecule has 0 unspecified atom stereocenters. The predicted octanol–water partition coefficient (Wildman–Crippen LogP) is 7.59. The first kappa shape index (κ1) is 23.5. The van der Waals surface area contributed by atoms with Crippen LogP contribution in [0.2, 0.25) is 0 Å². The predicted molar refractivity (Wildman–Crippen MR) is 105 cm³/mol. The first-order valence-corrected chi connectivity index (χ1v) is 11.0. The molecular formula is C22H44O2. The van der Waals surface area contributed by atoms with E-state index in [0.717, 1.165) is 12.8 Å². The molecule has 0 aliphatic heterocycles. The number of esters is 1. The van der Waals surface area contributed by atoms with Crippen molar-refractivity contribution < 1.29 is 9.53 Å². The minimum absolute atomic E-state index is 0.0134. The van der Waals surface area contributed by atoms with Gasteiger partial charge in [0.2, 0.25) is 0 Å². The lowest BCUT2D eigenvalue weighted by molar-refractivity contribution is -0.143. The molecule has 0 saturated carbocycles. The molecule has 144 valence electrons. The van der Waals surface area contributed by atoms with E-state index in [1.807, 2.05) is 0 Å². The van der Waals surface area contributed by atoms with E-state index < -0.39 is 0 Å². The van der Waals surface area contributed by atoms with Gasteiger partial charge in [0, 0.05) is 6.42 Å². The molecule has 0 rings (SSSR count). The van der Waals surface area contributed by atoms with E-state index in [4.69, 9.17) is 4.74 Å². The summed E-state index contributed by atoms with van der Waals surface area (Å²) < 4.78 is 5.32. The van der Waals surface area contributed by atoms with Gasteiger partial charge < -0.3 is 4.74 Å². The second-order valence-electron chi connectivity index (χ2n) is 7.27. The van der Waals surface area contributed by atoms with E-state index in [1.54, 1.807) is 0 Å². The highest BCUT2D eigenvalue weighted by Gasteiger charge is 2.02. The van der Waals surface area contributed by atoms with Crippen molar-refractivity contribution in [1.29, 1.82) is 0 Å². The number of hydrogen-bond donors (Lipinski definition) is 0. The molecule has 0 heterocycles. The molecule has 0 N–H and O–H groups in total. The van der Waals surface area contributed by atoms with Crippen LogP contribution < -0.4 is 0 Å². The SMILES string of the molecule is CCCCCCCCCCCCOC(=O)CCCCCCCCC. The van der Waals surface area contributed by atoms with Crippen LogP contribution in [0.5, 0.6) is 0 Å². The van der Waals surface area contributed by atoms with Crippen LogP contribution in [0.4, 0.5) is 0 Å². The van der Waals surface area contributed by atoms with Crippen LogP contribution in [-0.4, -0.2) is 12.6 Å². The molecule has 2 heteroatoms. The Kier molecular flexibility index (Phi) is 20.1. The van der Waals surface area contributed by atoms with Gasteiger partial charge in [-0.15, -0.1) is 0 Å². The van der Waals surface area contributed by atoms with Crippen molar-refractivity contribution in [2.75, 3.05) is 6.61 Å². The Hall–Kier alpha value is -0.530. The third-order valence-electron chi connectivity index (χ3n) is 4.75. The quantitative estimate of drug-likeness (QED) is 0.179. The lowest BCUT2D eigenvalue weighted by Crippen LogP contribution is -2.05. The molecule has 0 bridgehead atoms. The minimum Gasteiger partial charge on any atom is -0.466 e. The van der Waals surface area contributed by atoms with Crippen LogP contribution in [-0.2, 0) is 9.53 Å². The van der Waals surface area contributed by atoms with Gasteiger partial charge in [0.25, 0.3) is 0 Å². The zero-order valence-electron chi connectivity index (χ0n) is 16.8. The summed E-state index contributed by atoms with van der Waals surface area (Å²) in [5.74, 6) is 0.0134. The molecule has 0 aromatic carbocycles. The highest BCUT2D eigenvalue weighted by molar-refractivity contribution is 5.69. The summed E-state index contributed by atoms with van der Waals surface area (Å²) in [7, 11) is 0. The minimum atomic E-state index is 0.0134. The molecule has 0 aromatic heterocycles. The monoisotopic (exact) mass is 340 g/mol. The molecule has 0 saturated heterocycles. The highest BCUT2D eigenvalue weighted by atomic mass is 16.5. The fraction of sp³-hybridized carbons (Fsp3) is 0.955. The Morgan fingerprint density at radius 2 is 0.917 bits per heavy atom. The van der Waals surface area contributed by atoms with Crippen LogP contribution in [0.3, 0.4) is 0 Å². The molecule has 0 amide bonds. The molecule has 0 radical (unpaired) electrons. The van der Waals surface area contributed by atoms with Crippen LogP contribution in [0.25, 0.3) is 0 Å². The van der Waals surface area contributed by atoms with Crippen molar-refractivity contribution in [3.05, 3.63) is 0 Å². The second-order valence-corrected chi connectivity index (χ2v) is 7.27. The Morgan fingerprint density at radius 1 is 0.542 bits per heavy atom. The molecule has 0 fully saturated rings. The van der Waals surface area contributed by atoms with Crippen molar-refractivity contribution >= 4 is 5.97 Å². The summed E-state index contributed by atoms with van der Waals surface area (Å²) in [6.07, 6.45) is 22.6. The zero-order chi connectivity index (χ0) is 17.7. The van der Waals surface area contributed by atoms with Crippen molar-refractivity contribution in [2.24, 2.45) is 0 Å². The van der Waals surface area contributed by atoms with Gasteiger partial charge in [0.15, 0.2) is 0 Å². The van der Waals surface area contributed by atoms with Gasteiger partial charge >= 0.3 is 5.97 Å². The van der Waals surface area contributed by atoms with E-state index in [2.05, 4.69) is 13.8 Å². The van der Waals surface area contributed by atoms with Gasteiger partial charge in [-0.05, 0) is 12.8 Å². The standard InChI is InChI=1S/C22H44O2/c1-3-5-7-9-11-12-13-15-17-19-21-24-22(23)20-18-16-14-10-8-6-4-2/h3-21H2,1-2H3. The number of rotatable bonds is 19. The zero-order valence-corrected chi connectivity index (χ0v) is 16.8. The summed E-state index contributed by atoms with van der Waals surface area (Å²) in [4.78, 5) is 11.6. The third kappa shape index (κ3) is 19.5. The average Bonchev–Trinajstić information content (AvgIpc) is 2.59. The number of hydrogen-bond acceptors (Lipinski definition) is 2. The van der Waals surface area contributed by atoms with Crippen LogP contribution in [0, 0.1) is 0 Å². The first-order valence-electron chi connectivity index (χ1n) is 11.0. The van der Waals surface area contributed by atoms with Crippen LogP contribution >= 0.6 is 0 Å². The molecule has 2 nitrogen and oxygen atoms in total. The van der Waals surface area contributed by atoms with Gasteiger partial charge in [0.05, 0.1) is 6.61 Å². The Balaban J connectivity index is 3.12. The maximum absolute atomic E-state index is 11.6. The number of carbonyl (C=O) groups is 1. The maximum atomic E-state index is 11.6. The Morgan fingerprint density at radius 3 is 1.38 bits per heavy atom. The van der Waals surface area contributed by atoms with Crippen molar-refractivity contribution in [2.45, 2.75) is 129 Å². The summed E-state index contributed by atoms with van der Waals surface area (Å²) >= 11 is 0. The average molecular weight is 341 g/mol. The molecular weight excluding hydrogens is 296 g/mol. The van der Waals surface area contributed by atoms with E-state index in [1.165, 1.54) is 96.3 Å². The van der Waals surface area contributed by atoms with Crippen molar-refractivity contribution in [1.82, 2.24) is 0 Å². The topological polar surface area (TPSA) is 26.3 Å². The third-order valence-corrected chi connectivity index (χ3v) is 4.75. The van der Waals surface area contributed by atoms with Gasteiger partial charge in [-0.2, -0.15) is 0 Å². The van der Waals surface area contributed by atoms with Gasteiger partial charge in [-0.3, -0.25) is 4.79 Å². The van der Waals surface area contributed by atoms with Gasteiger partial charge in [0.1, 0.15) is 0 Å². The summed E-state index contributed by atoms with van der Waals surface area (Å²) in [6, 6.07) is 0.